The number of carbonyl (C=O) groups is 1. The summed E-state index contributed by atoms with van der Waals surface area (Å²) in [4.78, 5) is 14.4. The summed E-state index contributed by atoms with van der Waals surface area (Å²) < 4.78 is 5.42. The number of thioether (sulfide) groups is 1. The maximum Gasteiger partial charge on any atom is 0.313 e. The van der Waals surface area contributed by atoms with Gasteiger partial charge in [-0.25, -0.2) is 0 Å². The Morgan fingerprint density at radius 2 is 2.39 bits per heavy atom. The molecule has 0 aliphatic carbocycles. The second-order valence-corrected chi connectivity index (χ2v) is 5.34. The fraction of sp³-hybridized carbons (Fsp3) is 0.375. The molecule has 0 bridgehead atoms. The van der Waals surface area contributed by atoms with Crippen LogP contribution in [-0.4, -0.2) is 37.2 Å². The summed E-state index contributed by atoms with van der Waals surface area (Å²) in [6.45, 7) is 2.09. The van der Waals surface area contributed by atoms with Crippen LogP contribution in [0.15, 0.2) is 8.86 Å². The lowest BCUT2D eigenvalue weighted by molar-refractivity contribution is -0.133. The lowest BCUT2D eigenvalue weighted by Gasteiger charge is -1.94. The van der Waals surface area contributed by atoms with E-state index in [2.05, 4.69) is 25.7 Å². The minimum absolute atomic E-state index is 0.0291. The first kappa shape index (κ1) is 12.8. The molecule has 0 aliphatic heterocycles. The Hall–Kier alpha value is -1.68. The van der Waals surface area contributed by atoms with Crippen LogP contribution in [0.5, 0.6) is 0 Å². The molecule has 2 N–H and O–H groups in total. The summed E-state index contributed by atoms with van der Waals surface area (Å²) in [6, 6.07) is 0. The molecule has 2 heterocycles. The van der Waals surface area contributed by atoms with Gasteiger partial charge >= 0.3 is 5.97 Å². The highest BCUT2D eigenvalue weighted by Crippen LogP contribution is 2.25. The molecule has 0 amide bonds. The van der Waals surface area contributed by atoms with Gasteiger partial charge in [-0.1, -0.05) is 28.3 Å². The average Bonchev–Trinajstić information content (AvgIpc) is 2.93. The van der Waals surface area contributed by atoms with Crippen molar-refractivity contribution >= 4 is 34.2 Å². The zero-order valence-electron chi connectivity index (χ0n) is 9.28. The molecular formula is C8H9N5O3S2. The third-order valence-electron chi connectivity index (χ3n) is 1.69. The second-order valence-electron chi connectivity index (χ2n) is 3.14. The monoisotopic (exact) mass is 287 g/mol. The fourth-order valence-corrected chi connectivity index (χ4v) is 2.50. The predicted octanol–water partition coefficient (Wildman–Crippen LogP) is 1.02. The smallest absolute Gasteiger partial charge is 0.313 e. The van der Waals surface area contributed by atoms with Gasteiger partial charge < -0.3 is 14.9 Å². The molecule has 18 heavy (non-hydrogen) atoms. The van der Waals surface area contributed by atoms with Crippen molar-refractivity contribution in [2.24, 2.45) is 0 Å². The normalized spacial score (nSPS) is 10.5. The van der Waals surface area contributed by atoms with Crippen molar-refractivity contribution in [3.05, 3.63) is 11.7 Å². The molecular weight excluding hydrogens is 278 g/mol. The molecule has 0 atom stereocenters. The van der Waals surface area contributed by atoms with E-state index < -0.39 is 5.97 Å². The summed E-state index contributed by atoms with van der Waals surface area (Å²) in [5.74, 6) is 0.120. The van der Waals surface area contributed by atoms with Crippen LogP contribution in [0.1, 0.15) is 11.7 Å². The number of anilines is 1. The zero-order valence-corrected chi connectivity index (χ0v) is 10.9. The van der Waals surface area contributed by atoms with Crippen molar-refractivity contribution in [3.63, 3.8) is 0 Å². The first-order valence-electron chi connectivity index (χ1n) is 4.84. The van der Waals surface area contributed by atoms with E-state index in [1.165, 1.54) is 11.3 Å². The molecule has 0 saturated heterocycles. The van der Waals surface area contributed by atoms with Crippen LogP contribution < -0.4 is 5.32 Å². The molecule has 0 radical (unpaired) electrons. The van der Waals surface area contributed by atoms with E-state index in [0.717, 1.165) is 11.8 Å². The van der Waals surface area contributed by atoms with E-state index >= 15 is 0 Å². The van der Waals surface area contributed by atoms with Crippen LogP contribution >= 0.6 is 23.1 Å². The number of rotatable bonds is 6. The standard InChI is InChI=1S/C8H9N5O3S2/c1-4-10-5(13-16-4)2-9-7-11-12-8(18-7)17-3-6(14)15/h2-3H2,1H3,(H,9,11)(H,14,15). The number of hydrogen-bond donors (Lipinski definition) is 2. The molecule has 0 aromatic carbocycles. The highest BCUT2D eigenvalue weighted by Gasteiger charge is 2.08. The molecule has 0 unspecified atom stereocenters. The van der Waals surface area contributed by atoms with Gasteiger partial charge in [-0.05, 0) is 0 Å². The highest BCUT2D eigenvalue weighted by molar-refractivity contribution is 8.01. The highest BCUT2D eigenvalue weighted by atomic mass is 32.2. The summed E-state index contributed by atoms with van der Waals surface area (Å²) in [5, 5.41) is 23.5. The van der Waals surface area contributed by atoms with Crippen LogP contribution in [-0.2, 0) is 11.3 Å². The number of hydrogen-bond acceptors (Lipinski definition) is 9. The first-order chi connectivity index (χ1) is 8.63. The minimum Gasteiger partial charge on any atom is -0.481 e. The average molecular weight is 287 g/mol. The third-order valence-corrected chi connectivity index (χ3v) is 3.69. The number of carboxylic acid groups (broad SMARTS) is 1. The first-order valence-corrected chi connectivity index (χ1v) is 6.65. The summed E-state index contributed by atoms with van der Waals surface area (Å²) in [5.41, 5.74) is 0. The number of aliphatic carboxylic acids is 1. The van der Waals surface area contributed by atoms with E-state index in [0.29, 0.717) is 27.7 Å². The van der Waals surface area contributed by atoms with Crippen molar-refractivity contribution in [3.8, 4) is 0 Å². The number of carboxylic acids is 1. The summed E-state index contributed by atoms with van der Waals surface area (Å²) >= 11 is 2.41. The van der Waals surface area contributed by atoms with Gasteiger partial charge in [-0.2, -0.15) is 4.98 Å². The van der Waals surface area contributed by atoms with Gasteiger partial charge in [-0.15, -0.1) is 10.2 Å². The van der Waals surface area contributed by atoms with Crippen LogP contribution in [0.3, 0.4) is 0 Å². The van der Waals surface area contributed by atoms with Crippen molar-refractivity contribution in [1.82, 2.24) is 20.3 Å². The minimum atomic E-state index is -0.882. The van der Waals surface area contributed by atoms with E-state index in [1.807, 2.05) is 0 Å². The van der Waals surface area contributed by atoms with Crippen LogP contribution in [0.2, 0.25) is 0 Å². The van der Waals surface area contributed by atoms with E-state index in [1.54, 1.807) is 6.92 Å². The van der Waals surface area contributed by atoms with Crippen molar-refractivity contribution in [2.45, 2.75) is 17.8 Å². The van der Waals surface area contributed by atoms with Gasteiger partial charge in [0.05, 0.1) is 12.3 Å². The van der Waals surface area contributed by atoms with Gasteiger partial charge in [0.2, 0.25) is 11.0 Å². The predicted molar refractivity (Wildman–Crippen MR) is 64.6 cm³/mol. The van der Waals surface area contributed by atoms with Gasteiger partial charge in [-0.3, -0.25) is 4.79 Å². The molecule has 0 spiro atoms. The second kappa shape index (κ2) is 5.78. The van der Waals surface area contributed by atoms with Gasteiger partial charge in [0, 0.05) is 6.92 Å². The van der Waals surface area contributed by atoms with Crippen molar-refractivity contribution < 1.29 is 14.4 Å². The Kier molecular flexibility index (Phi) is 4.10. The van der Waals surface area contributed by atoms with Gasteiger partial charge in [0.1, 0.15) is 0 Å². The van der Waals surface area contributed by atoms with E-state index in [-0.39, 0.29) is 5.75 Å². The number of nitrogens with zero attached hydrogens (tertiary/aromatic N) is 4. The third kappa shape index (κ3) is 3.67. The number of aromatic nitrogens is 4. The molecule has 96 valence electrons. The largest absolute Gasteiger partial charge is 0.481 e. The quantitative estimate of drug-likeness (QED) is 0.751. The van der Waals surface area contributed by atoms with Crippen molar-refractivity contribution in [1.29, 1.82) is 0 Å². The zero-order chi connectivity index (χ0) is 13.0. The summed E-state index contributed by atoms with van der Waals surface area (Å²) in [7, 11) is 0. The molecule has 0 fully saturated rings. The van der Waals surface area contributed by atoms with Crippen LogP contribution in [0, 0.1) is 6.92 Å². The molecule has 2 aromatic heterocycles. The molecule has 8 nitrogen and oxygen atoms in total. The Balaban J connectivity index is 1.84. The molecule has 0 saturated carbocycles. The van der Waals surface area contributed by atoms with Crippen molar-refractivity contribution in [2.75, 3.05) is 11.1 Å². The maximum absolute atomic E-state index is 10.4. The molecule has 2 aromatic rings. The SMILES string of the molecule is Cc1nc(CNc2nnc(SCC(=O)O)s2)no1. The van der Waals surface area contributed by atoms with Crippen LogP contribution in [0.25, 0.3) is 0 Å². The summed E-state index contributed by atoms with van der Waals surface area (Å²) in [6.07, 6.45) is 0. The number of aryl methyl sites for hydroxylation is 1. The fourth-order valence-electron chi connectivity index (χ4n) is 1.03. The maximum atomic E-state index is 10.4. The Morgan fingerprint density at radius 1 is 1.56 bits per heavy atom. The number of nitrogens with one attached hydrogen (secondary N) is 1. The molecule has 2 rings (SSSR count). The van der Waals surface area contributed by atoms with Gasteiger partial charge in [0.25, 0.3) is 0 Å². The lowest BCUT2D eigenvalue weighted by atomic mass is 10.6. The Bertz CT molecular complexity index is 540. The lowest BCUT2D eigenvalue weighted by Crippen LogP contribution is -2.00. The Labute approximate surface area is 110 Å². The van der Waals surface area contributed by atoms with E-state index in [4.69, 9.17) is 9.63 Å². The Morgan fingerprint density at radius 3 is 3.06 bits per heavy atom. The topological polar surface area (TPSA) is 114 Å². The van der Waals surface area contributed by atoms with Crippen LogP contribution in [0.4, 0.5) is 5.13 Å². The van der Waals surface area contributed by atoms with Gasteiger partial charge in [0.15, 0.2) is 10.2 Å². The van der Waals surface area contributed by atoms with E-state index in [9.17, 15) is 4.79 Å². The molecule has 0 aliphatic rings. The molecule has 10 heteroatoms.